The van der Waals surface area contributed by atoms with Gasteiger partial charge in [0.05, 0.1) is 28.5 Å². The van der Waals surface area contributed by atoms with E-state index in [9.17, 15) is 13.2 Å². The number of halogens is 3. The molecule has 16 heteroatoms. The Morgan fingerprint density at radius 2 is 1.23 bits per heavy atom. The lowest BCUT2D eigenvalue weighted by atomic mass is 10.0. The lowest BCUT2D eigenvalue weighted by molar-refractivity contribution is -0.140. The van der Waals surface area contributed by atoms with Crippen LogP contribution in [0.15, 0.2) is 113 Å². The van der Waals surface area contributed by atoms with Crippen LogP contribution < -0.4 is 20.4 Å². The molecule has 0 atom stereocenters. The molecule has 8 heterocycles. The lowest BCUT2D eigenvalue weighted by Crippen LogP contribution is -2.42. The predicted molar refractivity (Wildman–Crippen MR) is 231 cm³/mol. The van der Waals surface area contributed by atoms with E-state index in [0.29, 0.717) is 28.9 Å². The highest BCUT2D eigenvalue weighted by Gasteiger charge is 2.37. The van der Waals surface area contributed by atoms with Crippen LogP contribution in [0.4, 0.5) is 47.7 Å². The zero-order valence-corrected chi connectivity index (χ0v) is 33.8. The van der Waals surface area contributed by atoms with Crippen molar-refractivity contribution in [3.05, 3.63) is 117 Å². The molecule has 0 aliphatic carbocycles. The molecule has 60 heavy (non-hydrogen) atoms. The molecule has 3 aromatic heterocycles. The Hall–Kier alpha value is -6.42. The van der Waals surface area contributed by atoms with Crippen molar-refractivity contribution >= 4 is 75.0 Å². The van der Waals surface area contributed by atoms with E-state index in [1.54, 1.807) is 4.90 Å². The summed E-state index contributed by atoms with van der Waals surface area (Å²) in [5, 5.41) is 7.96. The van der Waals surface area contributed by atoms with E-state index in [-0.39, 0.29) is 22.8 Å². The van der Waals surface area contributed by atoms with Gasteiger partial charge in [-0.1, -0.05) is 0 Å². The third-order valence-electron chi connectivity index (χ3n) is 11.1. The number of nitrogens with one attached hydrogen (secondary N) is 2. The summed E-state index contributed by atoms with van der Waals surface area (Å²) in [5.74, 6) is 3.09. The quantitative estimate of drug-likeness (QED) is 0.151. The number of aliphatic imine (C=N–C) groups is 4. The first-order valence-corrected chi connectivity index (χ1v) is 21.1. The molecule has 0 amide bonds. The number of allylic oxidation sites excluding steroid dienone is 2. The second kappa shape index (κ2) is 15.3. The number of aromatic nitrogens is 1. The number of hydrogen-bond donors (Lipinski definition) is 2. The van der Waals surface area contributed by atoms with Gasteiger partial charge in [0, 0.05) is 66.2 Å². The lowest BCUT2D eigenvalue weighted by Gasteiger charge is -2.33. The molecule has 10 rings (SSSR count). The molecule has 0 saturated carbocycles. The third kappa shape index (κ3) is 7.51. The molecule has 0 spiro atoms. The predicted octanol–water partition coefficient (Wildman–Crippen LogP) is 10.6. The van der Waals surface area contributed by atoms with Gasteiger partial charge in [-0.05, 0) is 113 Å². The average Bonchev–Trinajstić information content (AvgIpc) is 4.03. The number of benzene rings is 2. The van der Waals surface area contributed by atoms with Crippen LogP contribution in [0.1, 0.15) is 71.9 Å². The summed E-state index contributed by atoms with van der Waals surface area (Å²) in [4.78, 5) is 29.9. The maximum atomic E-state index is 13.8. The average molecular weight is 831 g/mol. The van der Waals surface area contributed by atoms with Crippen molar-refractivity contribution in [2.75, 3.05) is 46.6 Å². The van der Waals surface area contributed by atoms with Gasteiger partial charge in [-0.25, -0.2) is 19.9 Å². The molecular weight excluding hydrogens is 790 g/mol. The summed E-state index contributed by atoms with van der Waals surface area (Å²) in [6.45, 7) is 7.66. The van der Waals surface area contributed by atoms with Gasteiger partial charge in [-0.15, -0.1) is 11.3 Å². The largest absolute Gasteiger partial charge is 0.446 e. The number of guanidine groups is 2. The van der Waals surface area contributed by atoms with Gasteiger partial charge >= 0.3 is 6.18 Å². The first-order chi connectivity index (χ1) is 29.1. The summed E-state index contributed by atoms with van der Waals surface area (Å²) in [6.07, 6.45) is 6.22. The number of furan rings is 2. The zero-order valence-electron chi connectivity index (χ0n) is 33.0. The normalized spacial score (nSPS) is 17.9. The molecule has 0 bridgehead atoms. The van der Waals surface area contributed by atoms with E-state index >= 15 is 0 Å². The number of rotatable bonds is 9. The van der Waals surface area contributed by atoms with Gasteiger partial charge in [0.15, 0.2) is 28.3 Å². The summed E-state index contributed by atoms with van der Waals surface area (Å²) in [5.41, 5.74) is 6.09. The number of nitrogens with zero attached hydrogens (tertiary/aromatic N) is 8. The Balaban J connectivity index is 1.12. The molecule has 5 aliphatic rings. The van der Waals surface area contributed by atoms with Gasteiger partial charge < -0.3 is 29.3 Å². The second-order valence-electron chi connectivity index (χ2n) is 15.4. The van der Waals surface area contributed by atoms with Crippen LogP contribution >= 0.6 is 11.3 Å². The molecule has 0 unspecified atom stereocenters. The van der Waals surface area contributed by atoms with Crippen LogP contribution in [0.25, 0.3) is 5.70 Å². The minimum atomic E-state index is -4.62. The highest BCUT2D eigenvalue weighted by Crippen LogP contribution is 2.39. The van der Waals surface area contributed by atoms with E-state index in [0.717, 1.165) is 114 Å². The van der Waals surface area contributed by atoms with Gasteiger partial charge in [-0.2, -0.15) is 23.2 Å². The van der Waals surface area contributed by atoms with E-state index in [1.807, 2.05) is 62.4 Å². The molecule has 306 valence electrons. The monoisotopic (exact) mass is 830 g/mol. The summed E-state index contributed by atoms with van der Waals surface area (Å²) in [6, 6.07) is 20.1. The fraction of sp³-hybridized carbons (Fsp3) is 0.295. The zero-order chi connectivity index (χ0) is 41.0. The molecule has 2 N–H and O–H groups in total. The Bertz CT molecular complexity index is 2560. The fourth-order valence-corrected chi connectivity index (χ4v) is 8.84. The van der Waals surface area contributed by atoms with Crippen LogP contribution in [0.2, 0.25) is 0 Å². The van der Waals surface area contributed by atoms with Crippen molar-refractivity contribution in [3.63, 3.8) is 0 Å². The number of hydrogen-bond acceptors (Lipinski definition) is 13. The van der Waals surface area contributed by atoms with E-state index < -0.39 is 11.9 Å². The number of piperidine rings is 2. The molecule has 2 saturated heterocycles. The third-order valence-corrected chi connectivity index (χ3v) is 11.9. The van der Waals surface area contributed by atoms with E-state index in [4.69, 9.17) is 28.8 Å². The number of thiazole rings is 1. The minimum Gasteiger partial charge on any atom is -0.446 e. The number of alkyl halides is 3. The smallest absolute Gasteiger partial charge is 0.434 e. The first-order valence-electron chi connectivity index (χ1n) is 20.2. The maximum absolute atomic E-state index is 13.8. The summed E-state index contributed by atoms with van der Waals surface area (Å²) in [7, 11) is 0. The van der Waals surface area contributed by atoms with Gasteiger partial charge in [-0.3, -0.25) is 0 Å². The van der Waals surface area contributed by atoms with Crippen molar-refractivity contribution in [2.24, 2.45) is 20.0 Å². The molecule has 5 aromatic rings. The first kappa shape index (κ1) is 37.8. The van der Waals surface area contributed by atoms with Crippen LogP contribution in [0.5, 0.6) is 0 Å². The fourth-order valence-electron chi connectivity index (χ4n) is 8.08. The van der Waals surface area contributed by atoms with Crippen molar-refractivity contribution < 1.29 is 22.0 Å². The van der Waals surface area contributed by atoms with Crippen molar-refractivity contribution in [1.29, 1.82) is 0 Å². The minimum absolute atomic E-state index is 0.00369. The van der Waals surface area contributed by atoms with Gasteiger partial charge in [0.2, 0.25) is 11.9 Å². The van der Waals surface area contributed by atoms with Crippen LogP contribution in [0.3, 0.4) is 0 Å². The molecule has 2 aromatic carbocycles. The van der Waals surface area contributed by atoms with Crippen LogP contribution in [-0.2, 0) is 6.18 Å². The standard InChI is InChI=1S/C44H41F3N10O2S/c1-26-9-15-38(58-26)48-33-21-28(55-17-5-3-6-18-55)11-13-31(33)35-23-30-24-36(51-43-54-40(53-42(50-35)57(30)43)41-52-37(25-60-41)44(45,46)47)32-14-12-29(56-19-7-4-8-20-56)22-34(32)49-39-16-10-27(2)59-39/h9-16,21-25,48-49H,3-8,17-20H2,1-2H3. The highest BCUT2D eigenvalue weighted by atomic mass is 32.1. The molecular formula is C44H41F3N10O2S. The van der Waals surface area contributed by atoms with E-state index in [1.165, 1.54) is 12.8 Å². The van der Waals surface area contributed by atoms with Gasteiger partial charge in [0.25, 0.3) is 0 Å². The highest BCUT2D eigenvalue weighted by molar-refractivity contribution is 7.11. The van der Waals surface area contributed by atoms with Gasteiger partial charge in [0.1, 0.15) is 11.5 Å². The van der Waals surface area contributed by atoms with Crippen molar-refractivity contribution in [3.8, 4) is 0 Å². The Kier molecular flexibility index (Phi) is 9.65. The summed E-state index contributed by atoms with van der Waals surface area (Å²) < 4.78 is 53.2. The van der Waals surface area contributed by atoms with Crippen LogP contribution in [0, 0.1) is 13.8 Å². The number of aryl methyl sites for hydroxylation is 2. The SMILES string of the molecule is Cc1ccc(Nc2cc(N3CCCCC3)ccc2C2=CC3=CC(c4ccc(N5CCCCC5)cc4Nc4ccc(C)o4)=NC4=NC(c5nc(C(F)(F)F)cs5)=NC(=N2)N34)o1. The number of amidine groups is 1. The van der Waals surface area contributed by atoms with Crippen molar-refractivity contribution in [2.45, 2.75) is 58.5 Å². The molecule has 0 radical (unpaired) electrons. The Labute approximate surface area is 348 Å². The Morgan fingerprint density at radius 1 is 0.650 bits per heavy atom. The Morgan fingerprint density at radius 3 is 1.80 bits per heavy atom. The molecule has 5 aliphatic heterocycles. The maximum Gasteiger partial charge on any atom is 0.434 e. The van der Waals surface area contributed by atoms with E-state index in [2.05, 4.69) is 49.7 Å². The van der Waals surface area contributed by atoms with Crippen molar-refractivity contribution in [1.82, 2.24) is 9.88 Å². The molecule has 12 nitrogen and oxygen atoms in total. The topological polar surface area (TPSA) is 122 Å². The molecule has 2 fully saturated rings. The summed E-state index contributed by atoms with van der Waals surface area (Å²) >= 11 is 0.819. The second-order valence-corrected chi connectivity index (χ2v) is 16.2. The number of anilines is 6. The van der Waals surface area contributed by atoms with Crippen LogP contribution in [-0.4, -0.2) is 59.5 Å².